The number of hydrogen-bond donors (Lipinski definition) is 2. The van der Waals surface area contributed by atoms with Gasteiger partial charge in [-0.3, -0.25) is 4.99 Å². The van der Waals surface area contributed by atoms with Crippen molar-refractivity contribution in [2.45, 2.75) is 13.1 Å². The van der Waals surface area contributed by atoms with Crippen LogP contribution in [-0.2, 0) is 13.1 Å². The second-order valence-electron chi connectivity index (χ2n) is 5.13. The summed E-state index contributed by atoms with van der Waals surface area (Å²) >= 11 is 7.64. The Kier molecular flexibility index (Phi) is 5.51. The van der Waals surface area contributed by atoms with E-state index in [2.05, 4.69) is 32.2 Å². The molecule has 0 aliphatic heterocycles. The smallest absolute Gasteiger partial charge is 0.191 e. The van der Waals surface area contributed by atoms with E-state index in [-0.39, 0.29) is 0 Å². The van der Waals surface area contributed by atoms with Gasteiger partial charge in [-0.05, 0) is 35.7 Å². The molecule has 0 aliphatic rings. The van der Waals surface area contributed by atoms with Crippen LogP contribution >= 0.6 is 22.9 Å². The predicted octanol–water partition coefficient (Wildman–Crippen LogP) is 3.45. The summed E-state index contributed by atoms with van der Waals surface area (Å²) in [6, 6.07) is 11.7. The zero-order valence-electron chi connectivity index (χ0n) is 13.2. The van der Waals surface area contributed by atoms with E-state index in [1.54, 1.807) is 18.4 Å². The number of rotatable bonds is 5. The summed E-state index contributed by atoms with van der Waals surface area (Å²) in [5.74, 6) is 0.766. The maximum absolute atomic E-state index is 5.91. The molecule has 0 bridgehead atoms. The topological polar surface area (TPSA) is 54.2 Å². The SMILES string of the molecule is CN=C(NCc1cnn(-c2ccc(Cl)cc2)c1)NCc1cccs1. The summed E-state index contributed by atoms with van der Waals surface area (Å²) in [5, 5.41) is 13.8. The van der Waals surface area contributed by atoms with Gasteiger partial charge in [0.05, 0.1) is 18.4 Å². The van der Waals surface area contributed by atoms with Crippen molar-refractivity contribution in [3.8, 4) is 5.69 Å². The van der Waals surface area contributed by atoms with Crippen LogP contribution in [0, 0.1) is 0 Å². The monoisotopic (exact) mass is 359 g/mol. The molecule has 2 aromatic heterocycles. The largest absolute Gasteiger partial charge is 0.352 e. The standard InChI is InChI=1S/C17H18ClN5S/c1-19-17(21-11-16-3-2-8-24-16)20-9-13-10-22-23(12-13)15-6-4-14(18)5-7-15/h2-8,10,12H,9,11H2,1H3,(H2,19,20,21). The Balaban J connectivity index is 1.55. The highest BCUT2D eigenvalue weighted by atomic mass is 35.5. The maximum atomic E-state index is 5.91. The Hall–Kier alpha value is -2.31. The lowest BCUT2D eigenvalue weighted by Crippen LogP contribution is -2.36. The summed E-state index contributed by atoms with van der Waals surface area (Å²) in [6.45, 7) is 1.42. The van der Waals surface area contributed by atoms with Crippen molar-refractivity contribution in [3.63, 3.8) is 0 Å². The molecule has 7 heteroatoms. The summed E-state index contributed by atoms with van der Waals surface area (Å²) < 4.78 is 1.83. The molecule has 0 unspecified atom stereocenters. The fourth-order valence-corrected chi connectivity index (χ4v) is 2.95. The van der Waals surface area contributed by atoms with Crippen molar-refractivity contribution in [2.24, 2.45) is 4.99 Å². The Labute approximate surface area is 150 Å². The van der Waals surface area contributed by atoms with Crippen LogP contribution in [0.15, 0.2) is 59.2 Å². The molecule has 2 N–H and O–H groups in total. The van der Waals surface area contributed by atoms with Gasteiger partial charge in [0.15, 0.2) is 5.96 Å². The summed E-state index contributed by atoms with van der Waals surface area (Å²) in [6.07, 6.45) is 3.83. The number of benzene rings is 1. The van der Waals surface area contributed by atoms with Crippen LogP contribution in [0.3, 0.4) is 0 Å². The van der Waals surface area contributed by atoms with Crippen molar-refractivity contribution in [1.82, 2.24) is 20.4 Å². The van der Waals surface area contributed by atoms with Gasteiger partial charge >= 0.3 is 0 Å². The number of nitrogens with zero attached hydrogens (tertiary/aromatic N) is 3. The highest BCUT2D eigenvalue weighted by molar-refractivity contribution is 7.09. The van der Waals surface area contributed by atoms with Crippen LogP contribution in [0.25, 0.3) is 5.69 Å². The molecule has 0 fully saturated rings. The van der Waals surface area contributed by atoms with Gasteiger partial charge in [0, 0.05) is 35.3 Å². The molecule has 0 spiro atoms. The average molecular weight is 360 g/mol. The lowest BCUT2D eigenvalue weighted by molar-refractivity contribution is 0.814. The van der Waals surface area contributed by atoms with E-state index in [1.165, 1.54) is 4.88 Å². The van der Waals surface area contributed by atoms with Crippen LogP contribution < -0.4 is 10.6 Å². The minimum atomic E-state index is 0.650. The molecule has 0 amide bonds. The first-order chi connectivity index (χ1) is 11.7. The number of aliphatic imine (C=N–C) groups is 1. The molecule has 2 heterocycles. The van der Waals surface area contributed by atoms with E-state index in [9.17, 15) is 0 Å². The Bertz CT molecular complexity index is 793. The molecule has 3 rings (SSSR count). The molecular formula is C17H18ClN5S. The van der Waals surface area contributed by atoms with Crippen molar-refractivity contribution in [3.05, 3.63) is 69.6 Å². The Morgan fingerprint density at radius 3 is 2.71 bits per heavy atom. The normalized spacial score (nSPS) is 11.5. The van der Waals surface area contributed by atoms with Gasteiger partial charge in [-0.15, -0.1) is 11.3 Å². The number of halogens is 1. The first-order valence-corrected chi connectivity index (χ1v) is 8.77. The van der Waals surface area contributed by atoms with Crippen molar-refractivity contribution < 1.29 is 0 Å². The van der Waals surface area contributed by atoms with Gasteiger partial charge < -0.3 is 10.6 Å². The Morgan fingerprint density at radius 1 is 1.21 bits per heavy atom. The minimum absolute atomic E-state index is 0.650. The van der Waals surface area contributed by atoms with E-state index >= 15 is 0 Å². The van der Waals surface area contributed by atoms with E-state index in [0.717, 1.165) is 23.8 Å². The molecular weight excluding hydrogens is 342 g/mol. The summed E-state index contributed by atoms with van der Waals surface area (Å²) in [4.78, 5) is 5.51. The van der Waals surface area contributed by atoms with E-state index in [0.29, 0.717) is 11.6 Å². The molecule has 5 nitrogen and oxygen atoms in total. The van der Waals surface area contributed by atoms with E-state index in [4.69, 9.17) is 11.6 Å². The Morgan fingerprint density at radius 2 is 2.00 bits per heavy atom. The second-order valence-corrected chi connectivity index (χ2v) is 6.60. The maximum Gasteiger partial charge on any atom is 0.191 e. The van der Waals surface area contributed by atoms with Crippen molar-refractivity contribution in [2.75, 3.05) is 7.05 Å². The highest BCUT2D eigenvalue weighted by Gasteiger charge is 2.03. The molecule has 0 saturated carbocycles. The first kappa shape index (κ1) is 16.5. The van der Waals surface area contributed by atoms with Crippen LogP contribution in [0.2, 0.25) is 5.02 Å². The van der Waals surface area contributed by atoms with Crippen LogP contribution in [0.5, 0.6) is 0 Å². The second kappa shape index (κ2) is 7.99. The van der Waals surface area contributed by atoms with Gasteiger partial charge in [0.2, 0.25) is 0 Å². The van der Waals surface area contributed by atoms with E-state index < -0.39 is 0 Å². The molecule has 0 radical (unpaired) electrons. The highest BCUT2D eigenvalue weighted by Crippen LogP contribution is 2.13. The molecule has 0 saturated heterocycles. The zero-order valence-corrected chi connectivity index (χ0v) is 14.8. The van der Waals surface area contributed by atoms with Crippen LogP contribution in [-0.4, -0.2) is 22.8 Å². The number of aromatic nitrogens is 2. The quantitative estimate of drug-likeness (QED) is 0.542. The summed E-state index contributed by atoms with van der Waals surface area (Å²) in [7, 11) is 1.76. The fourth-order valence-electron chi connectivity index (χ4n) is 2.18. The zero-order chi connectivity index (χ0) is 16.8. The lowest BCUT2D eigenvalue weighted by Gasteiger charge is -2.10. The molecule has 1 aromatic carbocycles. The van der Waals surface area contributed by atoms with Gasteiger partial charge in [-0.2, -0.15) is 5.10 Å². The van der Waals surface area contributed by atoms with Crippen LogP contribution in [0.4, 0.5) is 0 Å². The van der Waals surface area contributed by atoms with Crippen molar-refractivity contribution >= 4 is 28.9 Å². The number of hydrogen-bond acceptors (Lipinski definition) is 3. The third-order valence-electron chi connectivity index (χ3n) is 3.42. The molecule has 24 heavy (non-hydrogen) atoms. The first-order valence-electron chi connectivity index (χ1n) is 7.51. The van der Waals surface area contributed by atoms with Gasteiger partial charge in [0.25, 0.3) is 0 Å². The third-order valence-corrected chi connectivity index (χ3v) is 4.55. The predicted molar refractivity (Wildman–Crippen MR) is 99.9 cm³/mol. The number of thiophene rings is 1. The van der Waals surface area contributed by atoms with Gasteiger partial charge in [-0.1, -0.05) is 17.7 Å². The van der Waals surface area contributed by atoms with Gasteiger partial charge in [0.1, 0.15) is 0 Å². The van der Waals surface area contributed by atoms with Gasteiger partial charge in [-0.25, -0.2) is 4.68 Å². The fraction of sp³-hybridized carbons (Fsp3) is 0.176. The van der Waals surface area contributed by atoms with Crippen molar-refractivity contribution in [1.29, 1.82) is 0 Å². The average Bonchev–Trinajstić information content (AvgIpc) is 3.27. The summed E-state index contributed by atoms with van der Waals surface area (Å²) in [5.41, 5.74) is 2.05. The number of guanidine groups is 1. The lowest BCUT2D eigenvalue weighted by atomic mass is 10.3. The molecule has 0 aliphatic carbocycles. The minimum Gasteiger partial charge on any atom is -0.352 e. The molecule has 124 valence electrons. The molecule has 0 atom stereocenters. The number of nitrogens with one attached hydrogen (secondary N) is 2. The third kappa shape index (κ3) is 4.37. The van der Waals surface area contributed by atoms with E-state index in [1.807, 2.05) is 47.4 Å². The molecule has 3 aromatic rings. The van der Waals surface area contributed by atoms with Crippen LogP contribution in [0.1, 0.15) is 10.4 Å².